The lowest BCUT2D eigenvalue weighted by atomic mass is 10.7. The van der Waals surface area contributed by atoms with Crippen molar-refractivity contribution in [2.75, 3.05) is 6.26 Å². The first kappa shape index (κ1) is 6.28. The lowest BCUT2D eigenvalue weighted by Gasteiger charge is -1.93. The van der Waals surface area contributed by atoms with Crippen LogP contribution < -0.4 is 0 Å². The second kappa shape index (κ2) is 2.31. The molecule has 54 valence electrons. The van der Waals surface area contributed by atoms with Crippen molar-refractivity contribution in [1.82, 2.24) is 9.78 Å². The first-order valence-corrected chi connectivity index (χ1v) is 4.72. The third kappa shape index (κ3) is 1.06. The summed E-state index contributed by atoms with van der Waals surface area (Å²) in [7, 11) is 0. The third-order valence-corrected chi connectivity index (χ3v) is 2.35. The predicted molar refractivity (Wildman–Crippen MR) is 42.3 cm³/mol. The van der Waals surface area contributed by atoms with Gasteiger partial charge >= 0.3 is 0 Å². The molecule has 1 aromatic rings. The van der Waals surface area contributed by atoms with Crippen LogP contribution in [-0.4, -0.2) is 16.0 Å². The van der Waals surface area contributed by atoms with Crippen molar-refractivity contribution in [2.45, 2.75) is 23.9 Å². The minimum atomic E-state index is 0.723. The van der Waals surface area contributed by atoms with E-state index in [4.69, 9.17) is 0 Å². The molecule has 10 heavy (non-hydrogen) atoms. The van der Waals surface area contributed by atoms with Crippen molar-refractivity contribution in [3.63, 3.8) is 0 Å². The van der Waals surface area contributed by atoms with Crippen molar-refractivity contribution < 1.29 is 0 Å². The summed E-state index contributed by atoms with van der Waals surface area (Å²) in [5, 5.41) is 5.50. The fourth-order valence-corrected chi connectivity index (χ4v) is 1.34. The van der Waals surface area contributed by atoms with E-state index in [-0.39, 0.29) is 0 Å². The van der Waals surface area contributed by atoms with E-state index in [1.54, 1.807) is 11.8 Å². The summed E-state index contributed by atoms with van der Waals surface area (Å²) in [5.41, 5.74) is 0. The molecule has 0 amide bonds. The van der Waals surface area contributed by atoms with Gasteiger partial charge in [-0.1, -0.05) is 0 Å². The quantitative estimate of drug-likeness (QED) is 0.606. The Morgan fingerprint density at radius 1 is 1.70 bits per heavy atom. The van der Waals surface area contributed by atoms with Gasteiger partial charge in [-0.3, -0.25) is 4.68 Å². The molecule has 0 aliphatic heterocycles. The fraction of sp³-hybridized carbons (Fsp3) is 0.571. The van der Waals surface area contributed by atoms with Crippen LogP contribution in [0.4, 0.5) is 0 Å². The highest BCUT2D eigenvalue weighted by atomic mass is 32.2. The molecular formula is C7H10N2S. The van der Waals surface area contributed by atoms with Crippen molar-refractivity contribution in [2.24, 2.45) is 0 Å². The Bertz CT molecular complexity index is 227. The predicted octanol–water partition coefficient (Wildman–Crippen LogP) is 1.94. The van der Waals surface area contributed by atoms with E-state index in [0.717, 1.165) is 11.1 Å². The highest BCUT2D eigenvalue weighted by Gasteiger charge is 2.23. The summed E-state index contributed by atoms with van der Waals surface area (Å²) in [6, 6.07) is 2.80. The van der Waals surface area contributed by atoms with Crippen LogP contribution in [0.25, 0.3) is 0 Å². The van der Waals surface area contributed by atoms with Crippen molar-refractivity contribution in [1.29, 1.82) is 0 Å². The lowest BCUT2D eigenvalue weighted by molar-refractivity contribution is 0.624. The Morgan fingerprint density at radius 2 is 2.50 bits per heavy atom. The molecule has 1 aliphatic carbocycles. The van der Waals surface area contributed by atoms with Crippen LogP contribution in [0.5, 0.6) is 0 Å². The van der Waals surface area contributed by atoms with E-state index in [9.17, 15) is 0 Å². The number of hydrogen-bond donors (Lipinski definition) is 0. The van der Waals surface area contributed by atoms with Gasteiger partial charge < -0.3 is 0 Å². The first-order valence-electron chi connectivity index (χ1n) is 3.49. The number of hydrogen-bond acceptors (Lipinski definition) is 2. The van der Waals surface area contributed by atoms with Gasteiger partial charge in [0.05, 0.1) is 6.04 Å². The molecule has 0 saturated heterocycles. The van der Waals surface area contributed by atoms with Crippen molar-refractivity contribution in [3.05, 3.63) is 12.3 Å². The number of rotatable bonds is 2. The summed E-state index contributed by atoms with van der Waals surface area (Å²) >= 11 is 1.70. The van der Waals surface area contributed by atoms with Gasteiger partial charge in [-0.2, -0.15) is 5.10 Å². The average molecular weight is 154 g/mol. The summed E-state index contributed by atoms with van der Waals surface area (Å²) in [4.78, 5) is 0. The standard InChI is InChI=1S/C7H10N2S/c1-10-7-4-5-9(8-7)6-2-3-6/h4-6H,2-3H2,1H3. The minimum Gasteiger partial charge on any atom is -0.269 e. The number of thioether (sulfide) groups is 1. The Labute approximate surface area is 64.6 Å². The first-order chi connectivity index (χ1) is 4.90. The molecule has 1 aliphatic rings. The lowest BCUT2D eigenvalue weighted by Crippen LogP contribution is -1.92. The largest absolute Gasteiger partial charge is 0.269 e. The number of nitrogens with zero attached hydrogens (tertiary/aromatic N) is 2. The van der Waals surface area contributed by atoms with Gasteiger partial charge in [0.2, 0.25) is 0 Å². The van der Waals surface area contributed by atoms with Crippen LogP contribution >= 0.6 is 11.8 Å². The Morgan fingerprint density at radius 3 is 3.00 bits per heavy atom. The molecule has 0 spiro atoms. The Hall–Kier alpha value is -0.440. The zero-order chi connectivity index (χ0) is 6.97. The maximum Gasteiger partial charge on any atom is 0.118 e. The molecule has 1 aromatic heterocycles. The second-order valence-corrected chi connectivity index (χ2v) is 3.40. The molecular weight excluding hydrogens is 144 g/mol. The van der Waals surface area contributed by atoms with E-state index in [1.807, 2.05) is 0 Å². The fourth-order valence-electron chi connectivity index (χ4n) is 0.972. The molecule has 0 unspecified atom stereocenters. The van der Waals surface area contributed by atoms with Gasteiger partial charge in [0.15, 0.2) is 0 Å². The number of aromatic nitrogens is 2. The van der Waals surface area contributed by atoms with E-state index in [1.165, 1.54) is 12.8 Å². The molecule has 1 saturated carbocycles. The van der Waals surface area contributed by atoms with Crippen LogP contribution in [-0.2, 0) is 0 Å². The van der Waals surface area contributed by atoms with Gasteiger partial charge in [-0.15, -0.1) is 11.8 Å². The SMILES string of the molecule is CSc1ccn(C2CC2)n1. The molecule has 0 atom stereocenters. The zero-order valence-corrected chi connectivity index (χ0v) is 6.77. The molecule has 2 rings (SSSR count). The molecule has 0 radical (unpaired) electrons. The van der Waals surface area contributed by atoms with Crippen molar-refractivity contribution in [3.8, 4) is 0 Å². The molecule has 3 heteroatoms. The van der Waals surface area contributed by atoms with Gasteiger partial charge in [0.25, 0.3) is 0 Å². The molecule has 1 heterocycles. The molecule has 0 bridgehead atoms. The zero-order valence-electron chi connectivity index (χ0n) is 5.95. The minimum absolute atomic E-state index is 0.723. The van der Waals surface area contributed by atoms with E-state index in [2.05, 4.69) is 28.3 Å². The average Bonchev–Trinajstić information content (AvgIpc) is 2.70. The maximum absolute atomic E-state index is 4.37. The van der Waals surface area contributed by atoms with Gasteiger partial charge in [-0.25, -0.2) is 0 Å². The highest BCUT2D eigenvalue weighted by molar-refractivity contribution is 7.98. The van der Waals surface area contributed by atoms with E-state index in [0.29, 0.717) is 0 Å². The van der Waals surface area contributed by atoms with Gasteiger partial charge in [-0.05, 0) is 25.2 Å². The van der Waals surface area contributed by atoms with Gasteiger partial charge in [0.1, 0.15) is 5.03 Å². The topological polar surface area (TPSA) is 17.8 Å². The summed E-state index contributed by atoms with van der Waals surface area (Å²) < 4.78 is 2.08. The highest BCUT2D eigenvalue weighted by Crippen LogP contribution is 2.34. The van der Waals surface area contributed by atoms with Crippen LogP contribution in [0.15, 0.2) is 17.3 Å². The summed E-state index contributed by atoms with van der Waals surface area (Å²) in [6.45, 7) is 0. The smallest absolute Gasteiger partial charge is 0.118 e. The second-order valence-electron chi connectivity index (χ2n) is 2.57. The summed E-state index contributed by atoms with van der Waals surface area (Å²) in [6.07, 6.45) is 6.76. The normalized spacial score (nSPS) is 17.7. The molecule has 1 fully saturated rings. The van der Waals surface area contributed by atoms with E-state index >= 15 is 0 Å². The molecule has 0 N–H and O–H groups in total. The van der Waals surface area contributed by atoms with Crippen LogP contribution in [0.1, 0.15) is 18.9 Å². The van der Waals surface area contributed by atoms with Gasteiger partial charge in [0, 0.05) is 6.20 Å². The third-order valence-electron chi connectivity index (χ3n) is 1.71. The Balaban J connectivity index is 2.19. The molecule has 0 aromatic carbocycles. The van der Waals surface area contributed by atoms with Crippen LogP contribution in [0.3, 0.4) is 0 Å². The summed E-state index contributed by atoms with van der Waals surface area (Å²) in [5.74, 6) is 0. The molecule has 2 nitrogen and oxygen atoms in total. The van der Waals surface area contributed by atoms with Crippen LogP contribution in [0.2, 0.25) is 0 Å². The monoisotopic (exact) mass is 154 g/mol. The van der Waals surface area contributed by atoms with Crippen molar-refractivity contribution >= 4 is 11.8 Å². The Kier molecular flexibility index (Phi) is 1.45. The van der Waals surface area contributed by atoms with E-state index < -0.39 is 0 Å². The van der Waals surface area contributed by atoms with Crippen LogP contribution in [0, 0.1) is 0 Å². The maximum atomic E-state index is 4.37.